The number of carbonyl (C=O) groups is 2. The molecule has 9 heteroatoms. The predicted octanol–water partition coefficient (Wildman–Crippen LogP) is 2.50. The third kappa shape index (κ3) is 7.01. The molecule has 2 rings (SSSR count). The number of hydrogen-bond acceptors (Lipinski definition) is 5. The van der Waals surface area contributed by atoms with Crippen molar-refractivity contribution < 1.29 is 27.8 Å². The summed E-state index contributed by atoms with van der Waals surface area (Å²) in [6.07, 6.45) is 4.06. The van der Waals surface area contributed by atoms with Gasteiger partial charge in [-0.3, -0.25) is 15.0 Å². The quantitative estimate of drug-likeness (QED) is 0.719. The van der Waals surface area contributed by atoms with Gasteiger partial charge in [0.25, 0.3) is 0 Å². The summed E-state index contributed by atoms with van der Waals surface area (Å²) in [5, 5.41) is 5.11. The van der Waals surface area contributed by atoms with E-state index in [4.69, 9.17) is 4.74 Å². The monoisotopic (exact) mass is 385 g/mol. The fourth-order valence-electron chi connectivity index (χ4n) is 3.07. The Labute approximate surface area is 157 Å². The minimum atomic E-state index is -2.94. The summed E-state index contributed by atoms with van der Waals surface area (Å²) in [6.45, 7) is -2.56. The van der Waals surface area contributed by atoms with Gasteiger partial charge in [0, 0.05) is 12.6 Å². The smallest absolute Gasteiger partial charge is 0.387 e. The van der Waals surface area contributed by atoms with E-state index in [-0.39, 0.29) is 24.1 Å². The van der Waals surface area contributed by atoms with Crippen molar-refractivity contribution in [1.82, 2.24) is 15.5 Å². The number of urea groups is 1. The Bertz CT molecular complexity index is 651. The summed E-state index contributed by atoms with van der Waals surface area (Å²) in [7, 11) is 3.07. The fraction of sp³-hybridized carbons (Fsp3) is 0.556. The van der Waals surface area contributed by atoms with Crippen LogP contribution in [0.25, 0.3) is 0 Å². The van der Waals surface area contributed by atoms with Gasteiger partial charge < -0.3 is 14.8 Å². The van der Waals surface area contributed by atoms with E-state index in [0.29, 0.717) is 6.54 Å². The lowest BCUT2D eigenvalue weighted by Crippen LogP contribution is -2.46. The molecule has 150 valence electrons. The highest BCUT2D eigenvalue weighted by Gasteiger charge is 2.19. The number of carbonyl (C=O) groups excluding carboxylic acids is 2. The van der Waals surface area contributed by atoms with Gasteiger partial charge in [0.2, 0.25) is 5.91 Å². The zero-order valence-electron chi connectivity index (χ0n) is 15.5. The lowest BCUT2D eigenvalue weighted by Gasteiger charge is -2.18. The Morgan fingerprint density at radius 2 is 1.96 bits per heavy atom. The minimum Gasteiger partial charge on any atom is -0.493 e. The Morgan fingerprint density at radius 1 is 1.26 bits per heavy atom. The van der Waals surface area contributed by atoms with Gasteiger partial charge in [-0.15, -0.1) is 0 Å². The maximum Gasteiger partial charge on any atom is 0.387 e. The van der Waals surface area contributed by atoms with E-state index in [1.54, 1.807) is 24.1 Å². The number of likely N-dealkylation sites (N-methyl/N-ethyl adjacent to an activating group) is 1. The number of hydrogen-bond donors (Lipinski definition) is 2. The molecule has 2 N–H and O–H groups in total. The van der Waals surface area contributed by atoms with Gasteiger partial charge in [-0.05, 0) is 37.6 Å². The number of benzene rings is 1. The van der Waals surface area contributed by atoms with Crippen LogP contribution in [-0.2, 0) is 11.3 Å². The number of nitrogens with zero attached hydrogens (tertiary/aromatic N) is 1. The molecule has 0 aromatic heterocycles. The topological polar surface area (TPSA) is 79.9 Å². The van der Waals surface area contributed by atoms with Gasteiger partial charge in [-0.25, -0.2) is 4.79 Å². The summed E-state index contributed by atoms with van der Waals surface area (Å²) < 4.78 is 34.2. The largest absolute Gasteiger partial charge is 0.493 e. The molecule has 7 nitrogen and oxygen atoms in total. The van der Waals surface area contributed by atoms with Crippen LogP contribution in [0.2, 0.25) is 0 Å². The first-order valence-corrected chi connectivity index (χ1v) is 8.78. The van der Waals surface area contributed by atoms with Gasteiger partial charge in [-0.1, -0.05) is 18.9 Å². The Morgan fingerprint density at radius 3 is 2.59 bits per heavy atom. The highest BCUT2D eigenvalue weighted by Crippen LogP contribution is 2.29. The number of rotatable bonds is 8. The lowest BCUT2D eigenvalue weighted by atomic mass is 10.2. The summed E-state index contributed by atoms with van der Waals surface area (Å²) in [5.74, 6) is -0.292. The van der Waals surface area contributed by atoms with E-state index < -0.39 is 18.5 Å². The lowest BCUT2D eigenvalue weighted by molar-refractivity contribution is -0.121. The molecule has 3 amide bonds. The Kier molecular flexibility index (Phi) is 7.78. The Balaban J connectivity index is 1.82. The first-order chi connectivity index (χ1) is 12.9. The summed E-state index contributed by atoms with van der Waals surface area (Å²) >= 11 is 0. The van der Waals surface area contributed by atoms with Crippen molar-refractivity contribution in [2.75, 3.05) is 20.7 Å². The van der Waals surface area contributed by atoms with Crippen LogP contribution >= 0.6 is 0 Å². The van der Waals surface area contributed by atoms with Crippen LogP contribution < -0.4 is 20.1 Å². The minimum absolute atomic E-state index is 0.00961. The third-order valence-corrected chi connectivity index (χ3v) is 4.25. The normalized spacial score (nSPS) is 14.4. The number of halogens is 2. The molecule has 0 heterocycles. The van der Waals surface area contributed by atoms with Crippen molar-refractivity contribution in [3.8, 4) is 11.5 Å². The van der Waals surface area contributed by atoms with Crippen LogP contribution in [0.4, 0.5) is 13.6 Å². The average Bonchev–Trinajstić information content (AvgIpc) is 3.08. The molecule has 0 radical (unpaired) electrons. The number of alkyl halides is 2. The third-order valence-electron chi connectivity index (χ3n) is 4.25. The molecule has 1 aliphatic rings. The van der Waals surface area contributed by atoms with E-state index in [9.17, 15) is 18.4 Å². The van der Waals surface area contributed by atoms with Gasteiger partial charge in [0.05, 0.1) is 13.7 Å². The number of amides is 3. The molecule has 0 aliphatic heterocycles. The van der Waals surface area contributed by atoms with Gasteiger partial charge >= 0.3 is 12.6 Å². The number of imide groups is 1. The van der Waals surface area contributed by atoms with E-state index in [1.807, 2.05) is 0 Å². The highest BCUT2D eigenvalue weighted by molar-refractivity contribution is 5.95. The summed E-state index contributed by atoms with van der Waals surface area (Å²) in [5.41, 5.74) is 0.749. The molecule has 1 saturated carbocycles. The molecule has 0 unspecified atom stereocenters. The van der Waals surface area contributed by atoms with Crippen molar-refractivity contribution in [2.24, 2.45) is 0 Å². The molecule has 1 aromatic rings. The Hall–Kier alpha value is -2.42. The van der Waals surface area contributed by atoms with Crippen molar-refractivity contribution in [1.29, 1.82) is 0 Å². The highest BCUT2D eigenvalue weighted by atomic mass is 19.3. The second-order valence-corrected chi connectivity index (χ2v) is 6.54. The van der Waals surface area contributed by atoms with Crippen LogP contribution in [0.5, 0.6) is 11.5 Å². The molecule has 0 bridgehead atoms. The van der Waals surface area contributed by atoms with Gasteiger partial charge in [0.15, 0.2) is 11.5 Å². The van der Waals surface area contributed by atoms with Crippen molar-refractivity contribution in [2.45, 2.75) is 44.9 Å². The molecule has 0 saturated heterocycles. The number of nitrogens with one attached hydrogen (secondary N) is 2. The second-order valence-electron chi connectivity index (χ2n) is 6.54. The van der Waals surface area contributed by atoms with Gasteiger partial charge in [0.1, 0.15) is 0 Å². The zero-order chi connectivity index (χ0) is 19.8. The molecular weight excluding hydrogens is 360 g/mol. The van der Waals surface area contributed by atoms with Crippen LogP contribution in [0.15, 0.2) is 18.2 Å². The maximum absolute atomic E-state index is 12.4. The SMILES string of the molecule is COc1cc(CN(C)CC(=O)NC(=O)NC2CCCC2)ccc1OC(F)F. The first kappa shape index (κ1) is 20.9. The van der Waals surface area contributed by atoms with Crippen molar-refractivity contribution in [3.63, 3.8) is 0 Å². The standard InChI is InChI=1S/C18H25F2N3O4/c1-23(11-16(24)22-18(25)21-13-5-3-4-6-13)10-12-7-8-14(27-17(19)20)15(9-12)26-2/h7-9,13,17H,3-6,10-11H2,1-2H3,(H2,21,22,24,25). The fourth-order valence-corrected chi connectivity index (χ4v) is 3.07. The maximum atomic E-state index is 12.4. The van der Waals surface area contributed by atoms with Crippen LogP contribution in [0.3, 0.4) is 0 Å². The molecule has 27 heavy (non-hydrogen) atoms. The van der Waals surface area contributed by atoms with Crippen LogP contribution in [0.1, 0.15) is 31.2 Å². The van der Waals surface area contributed by atoms with E-state index in [2.05, 4.69) is 15.4 Å². The van der Waals surface area contributed by atoms with Crippen LogP contribution in [0, 0.1) is 0 Å². The van der Waals surface area contributed by atoms with Crippen molar-refractivity contribution >= 4 is 11.9 Å². The average molecular weight is 385 g/mol. The van der Waals surface area contributed by atoms with Crippen molar-refractivity contribution in [3.05, 3.63) is 23.8 Å². The molecule has 0 atom stereocenters. The predicted molar refractivity (Wildman–Crippen MR) is 94.9 cm³/mol. The zero-order valence-corrected chi connectivity index (χ0v) is 15.5. The van der Waals surface area contributed by atoms with E-state index in [1.165, 1.54) is 13.2 Å². The summed E-state index contributed by atoms with van der Waals surface area (Å²) in [4.78, 5) is 25.5. The molecule has 1 aliphatic carbocycles. The number of ether oxygens (including phenoxy) is 2. The van der Waals surface area contributed by atoms with Crippen LogP contribution in [-0.4, -0.2) is 50.2 Å². The molecule has 1 fully saturated rings. The molecule has 0 spiro atoms. The van der Waals surface area contributed by atoms with E-state index in [0.717, 1.165) is 31.2 Å². The first-order valence-electron chi connectivity index (χ1n) is 8.78. The van der Waals surface area contributed by atoms with Gasteiger partial charge in [-0.2, -0.15) is 8.78 Å². The second kappa shape index (κ2) is 10.1. The number of methoxy groups -OCH3 is 1. The summed E-state index contributed by atoms with van der Waals surface area (Å²) in [6, 6.07) is 4.23. The van der Waals surface area contributed by atoms with E-state index >= 15 is 0 Å². The molecular formula is C18H25F2N3O4. The molecule has 1 aromatic carbocycles.